The van der Waals surface area contributed by atoms with E-state index in [2.05, 4.69) is 38.2 Å². The van der Waals surface area contributed by atoms with Crippen molar-refractivity contribution in [1.29, 1.82) is 0 Å². The highest BCUT2D eigenvalue weighted by atomic mass is 16.3. The second-order valence-corrected chi connectivity index (χ2v) is 4.73. The van der Waals surface area contributed by atoms with E-state index >= 15 is 0 Å². The van der Waals surface area contributed by atoms with Gasteiger partial charge in [-0.3, -0.25) is 0 Å². The van der Waals surface area contributed by atoms with Gasteiger partial charge in [0.2, 0.25) is 0 Å². The van der Waals surface area contributed by atoms with E-state index in [-0.39, 0.29) is 0 Å². The summed E-state index contributed by atoms with van der Waals surface area (Å²) in [7, 11) is 0. The Morgan fingerprint density at radius 2 is 1.80 bits per heavy atom. The molecule has 1 heterocycles. The smallest absolute Gasteiger partial charge is 0.104 e. The van der Waals surface area contributed by atoms with Crippen LogP contribution in [-0.4, -0.2) is 18.2 Å². The Morgan fingerprint density at radius 3 is 2.27 bits per heavy atom. The third kappa shape index (κ3) is 1.80. The fraction of sp³-hybridized carbons (Fsp3) is 0.538. The molecule has 2 rings (SSSR count). The molecule has 1 aliphatic heterocycles. The van der Waals surface area contributed by atoms with Crippen LogP contribution >= 0.6 is 0 Å². The quantitative estimate of drug-likeness (QED) is 0.732. The fourth-order valence-electron chi connectivity index (χ4n) is 2.81. The standard InChI is InChI=1S/C13H19NO/c1-9-6-10(2)12(11(3)7-9)13(15)4-5-14-8-13/h6-7,14-15H,4-5,8H2,1-3H3. The summed E-state index contributed by atoms with van der Waals surface area (Å²) < 4.78 is 0. The Morgan fingerprint density at radius 1 is 1.20 bits per heavy atom. The molecule has 1 unspecified atom stereocenters. The number of aliphatic hydroxyl groups is 1. The van der Waals surface area contributed by atoms with E-state index in [4.69, 9.17) is 0 Å². The molecule has 0 aromatic heterocycles. The number of rotatable bonds is 1. The van der Waals surface area contributed by atoms with Crippen molar-refractivity contribution in [3.63, 3.8) is 0 Å². The molecule has 2 heteroatoms. The van der Waals surface area contributed by atoms with Crippen molar-refractivity contribution in [1.82, 2.24) is 5.32 Å². The van der Waals surface area contributed by atoms with Crippen LogP contribution in [0.3, 0.4) is 0 Å². The van der Waals surface area contributed by atoms with Gasteiger partial charge in [-0.2, -0.15) is 0 Å². The molecule has 82 valence electrons. The second-order valence-electron chi connectivity index (χ2n) is 4.73. The van der Waals surface area contributed by atoms with Crippen LogP contribution in [0.2, 0.25) is 0 Å². The summed E-state index contributed by atoms with van der Waals surface area (Å²) in [4.78, 5) is 0. The minimum atomic E-state index is -0.651. The number of β-amino-alcohol motifs (C(OH)–C–C–N with tert-alkyl or cyclic N) is 1. The van der Waals surface area contributed by atoms with E-state index in [1.54, 1.807) is 0 Å². The lowest BCUT2D eigenvalue weighted by molar-refractivity contribution is 0.0574. The Kier molecular flexibility index (Phi) is 2.57. The van der Waals surface area contributed by atoms with Gasteiger partial charge in [0.05, 0.1) is 0 Å². The first-order valence-corrected chi connectivity index (χ1v) is 5.54. The number of benzene rings is 1. The summed E-state index contributed by atoms with van der Waals surface area (Å²) >= 11 is 0. The molecular formula is C13H19NO. The minimum Gasteiger partial charge on any atom is -0.384 e. The summed E-state index contributed by atoms with van der Waals surface area (Å²) in [6.07, 6.45) is 0.817. The van der Waals surface area contributed by atoms with E-state index in [1.165, 1.54) is 16.7 Å². The van der Waals surface area contributed by atoms with Crippen LogP contribution in [0.4, 0.5) is 0 Å². The Balaban J connectivity index is 2.52. The van der Waals surface area contributed by atoms with Gasteiger partial charge in [0.15, 0.2) is 0 Å². The van der Waals surface area contributed by atoms with Crippen molar-refractivity contribution in [2.45, 2.75) is 32.8 Å². The zero-order chi connectivity index (χ0) is 11.1. The molecule has 0 aliphatic carbocycles. The van der Waals surface area contributed by atoms with Gasteiger partial charge in [-0.1, -0.05) is 17.7 Å². The van der Waals surface area contributed by atoms with Gasteiger partial charge in [0.25, 0.3) is 0 Å². The first-order valence-electron chi connectivity index (χ1n) is 5.54. The van der Waals surface area contributed by atoms with Crippen molar-refractivity contribution in [3.8, 4) is 0 Å². The van der Waals surface area contributed by atoms with Gasteiger partial charge in [0.1, 0.15) is 5.60 Å². The molecule has 0 bridgehead atoms. The zero-order valence-electron chi connectivity index (χ0n) is 9.72. The number of nitrogens with one attached hydrogen (secondary N) is 1. The van der Waals surface area contributed by atoms with Gasteiger partial charge in [0, 0.05) is 6.54 Å². The van der Waals surface area contributed by atoms with Gasteiger partial charge in [-0.15, -0.1) is 0 Å². The van der Waals surface area contributed by atoms with Crippen LogP contribution < -0.4 is 5.32 Å². The monoisotopic (exact) mass is 205 g/mol. The SMILES string of the molecule is Cc1cc(C)c(C2(O)CCNC2)c(C)c1. The van der Waals surface area contributed by atoms with E-state index < -0.39 is 5.60 Å². The van der Waals surface area contributed by atoms with Gasteiger partial charge in [-0.05, 0) is 50.4 Å². The van der Waals surface area contributed by atoms with E-state index in [1.807, 2.05) is 0 Å². The van der Waals surface area contributed by atoms with Crippen LogP contribution in [0.15, 0.2) is 12.1 Å². The van der Waals surface area contributed by atoms with Crippen LogP contribution in [0.25, 0.3) is 0 Å². The normalized spacial score (nSPS) is 25.9. The molecule has 2 N–H and O–H groups in total. The van der Waals surface area contributed by atoms with Crippen LogP contribution in [0, 0.1) is 20.8 Å². The number of hydrogen-bond acceptors (Lipinski definition) is 2. The van der Waals surface area contributed by atoms with Gasteiger partial charge < -0.3 is 10.4 Å². The highest BCUT2D eigenvalue weighted by molar-refractivity contribution is 5.42. The molecule has 1 aromatic carbocycles. The van der Waals surface area contributed by atoms with Gasteiger partial charge >= 0.3 is 0 Å². The summed E-state index contributed by atoms with van der Waals surface area (Å²) in [5, 5.41) is 13.8. The van der Waals surface area contributed by atoms with Crippen molar-refractivity contribution in [3.05, 3.63) is 34.4 Å². The van der Waals surface area contributed by atoms with E-state index in [9.17, 15) is 5.11 Å². The topological polar surface area (TPSA) is 32.3 Å². The molecule has 15 heavy (non-hydrogen) atoms. The minimum absolute atomic E-state index is 0.651. The summed E-state index contributed by atoms with van der Waals surface area (Å²) in [5.74, 6) is 0. The molecule has 1 aromatic rings. The maximum Gasteiger partial charge on any atom is 0.104 e. The van der Waals surface area contributed by atoms with Crippen molar-refractivity contribution >= 4 is 0 Å². The van der Waals surface area contributed by atoms with Crippen molar-refractivity contribution in [2.24, 2.45) is 0 Å². The highest BCUT2D eigenvalue weighted by Crippen LogP contribution is 2.33. The molecule has 0 amide bonds. The fourth-order valence-corrected chi connectivity index (χ4v) is 2.81. The highest BCUT2D eigenvalue weighted by Gasteiger charge is 2.35. The average molecular weight is 205 g/mol. The predicted molar refractivity (Wildman–Crippen MR) is 62.0 cm³/mol. The molecule has 1 fully saturated rings. The lowest BCUT2D eigenvalue weighted by atomic mass is 9.85. The molecule has 0 radical (unpaired) electrons. The van der Waals surface area contributed by atoms with Crippen LogP contribution in [-0.2, 0) is 5.60 Å². The summed E-state index contributed by atoms with van der Waals surface area (Å²) in [6, 6.07) is 4.30. The van der Waals surface area contributed by atoms with Crippen molar-refractivity contribution in [2.75, 3.05) is 13.1 Å². The maximum atomic E-state index is 10.6. The van der Waals surface area contributed by atoms with Crippen molar-refractivity contribution < 1.29 is 5.11 Å². The molecule has 1 saturated heterocycles. The largest absolute Gasteiger partial charge is 0.384 e. The molecular weight excluding hydrogens is 186 g/mol. The average Bonchev–Trinajstić information content (AvgIpc) is 2.50. The molecule has 1 atom stereocenters. The molecule has 1 aliphatic rings. The molecule has 2 nitrogen and oxygen atoms in total. The van der Waals surface area contributed by atoms with E-state index in [0.717, 1.165) is 18.5 Å². The zero-order valence-corrected chi connectivity index (χ0v) is 9.72. The first-order chi connectivity index (χ1) is 7.03. The van der Waals surface area contributed by atoms with E-state index in [0.29, 0.717) is 6.54 Å². The maximum absolute atomic E-state index is 10.6. The third-order valence-corrected chi connectivity index (χ3v) is 3.28. The summed E-state index contributed by atoms with van der Waals surface area (Å²) in [5.41, 5.74) is 4.15. The van der Waals surface area contributed by atoms with Gasteiger partial charge in [-0.25, -0.2) is 0 Å². The van der Waals surface area contributed by atoms with Crippen LogP contribution in [0.5, 0.6) is 0 Å². The molecule has 0 saturated carbocycles. The number of aryl methyl sites for hydroxylation is 3. The Labute approximate surface area is 91.3 Å². The lowest BCUT2D eigenvalue weighted by Gasteiger charge is -2.26. The third-order valence-electron chi connectivity index (χ3n) is 3.28. The Bertz CT molecular complexity index is 355. The Hall–Kier alpha value is -0.860. The predicted octanol–water partition coefficient (Wildman–Crippen LogP) is 1.79. The number of hydrogen-bond donors (Lipinski definition) is 2. The summed E-state index contributed by atoms with van der Waals surface area (Å²) in [6.45, 7) is 7.86. The molecule has 0 spiro atoms. The second kappa shape index (κ2) is 3.62. The first kappa shape index (κ1) is 10.7. The van der Waals surface area contributed by atoms with Crippen LogP contribution in [0.1, 0.15) is 28.7 Å². The lowest BCUT2D eigenvalue weighted by Crippen LogP contribution is -2.30.